The topological polar surface area (TPSA) is 12.0 Å². The summed E-state index contributed by atoms with van der Waals surface area (Å²) in [4.78, 5) is 0. The molecule has 2 atom stereocenters. The Kier molecular flexibility index (Phi) is 8.28. The molecule has 0 aromatic heterocycles. The van der Waals surface area contributed by atoms with Crippen LogP contribution in [0.15, 0.2) is 36.4 Å². The summed E-state index contributed by atoms with van der Waals surface area (Å²) < 4.78 is 0. The number of aryl methyl sites for hydroxylation is 1. The van der Waals surface area contributed by atoms with E-state index in [0.717, 1.165) is 18.4 Å². The maximum absolute atomic E-state index is 3.66. The van der Waals surface area contributed by atoms with Crippen LogP contribution < -0.4 is 5.32 Å². The van der Waals surface area contributed by atoms with Gasteiger partial charge < -0.3 is 5.32 Å². The Bertz CT molecular complexity index is 446. The molecule has 1 heteroatoms. The molecule has 2 rings (SSSR count). The number of anilines is 1. The largest absolute Gasteiger partial charge is 0.385 e. The van der Waals surface area contributed by atoms with Gasteiger partial charge >= 0.3 is 0 Å². The maximum atomic E-state index is 3.66. The van der Waals surface area contributed by atoms with Gasteiger partial charge in [-0.15, -0.1) is 0 Å². The summed E-state index contributed by atoms with van der Waals surface area (Å²) in [6.07, 6.45) is 17.3. The highest BCUT2D eigenvalue weighted by atomic mass is 14.9. The van der Waals surface area contributed by atoms with Crippen molar-refractivity contribution in [3.63, 3.8) is 0 Å². The minimum atomic E-state index is 0.785. The van der Waals surface area contributed by atoms with Crippen LogP contribution in [0.25, 0.3) is 0 Å². The highest BCUT2D eigenvalue weighted by Crippen LogP contribution is 2.31. The molecule has 1 aromatic carbocycles. The second-order valence-electron chi connectivity index (χ2n) is 7.23. The molecule has 0 spiro atoms. The summed E-state index contributed by atoms with van der Waals surface area (Å²) in [7, 11) is 0. The van der Waals surface area contributed by atoms with Crippen molar-refractivity contribution >= 4 is 5.69 Å². The lowest BCUT2D eigenvalue weighted by Gasteiger charge is -2.30. The second kappa shape index (κ2) is 10.5. The summed E-state index contributed by atoms with van der Waals surface area (Å²) in [6, 6.07) is 8.79. The van der Waals surface area contributed by atoms with Crippen LogP contribution in [-0.4, -0.2) is 6.54 Å². The first-order valence-electron chi connectivity index (χ1n) is 9.77. The third kappa shape index (κ3) is 6.81. The number of hydrogen-bond acceptors (Lipinski definition) is 1. The van der Waals surface area contributed by atoms with Gasteiger partial charge in [0.1, 0.15) is 0 Å². The minimum Gasteiger partial charge on any atom is -0.385 e. The van der Waals surface area contributed by atoms with Crippen LogP contribution in [0.4, 0.5) is 5.69 Å². The Morgan fingerprint density at radius 1 is 1.04 bits per heavy atom. The molecule has 1 aliphatic rings. The number of allylic oxidation sites excluding steroid dienone is 2. The van der Waals surface area contributed by atoms with E-state index in [0.29, 0.717) is 0 Å². The van der Waals surface area contributed by atoms with Crippen LogP contribution in [0, 0.1) is 18.8 Å². The quantitative estimate of drug-likeness (QED) is 0.393. The van der Waals surface area contributed by atoms with Crippen molar-refractivity contribution in [1.82, 2.24) is 0 Å². The first-order valence-corrected chi connectivity index (χ1v) is 9.77. The van der Waals surface area contributed by atoms with Crippen molar-refractivity contribution in [2.45, 2.75) is 71.6 Å². The summed E-state index contributed by atoms with van der Waals surface area (Å²) in [5.41, 5.74) is 2.60. The lowest BCUT2D eigenvalue weighted by molar-refractivity contribution is 0.296. The van der Waals surface area contributed by atoms with Crippen LogP contribution in [0.3, 0.4) is 0 Å². The van der Waals surface area contributed by atoms with Crippen LogP contribution in [0.1, 0.15) is 70.3 Å². The van der Waals surface area contributed by atoms with E-state index in [2.05, 4.69) is 55.6 Å². The summed E-state index contributed by atoms with van der Waals surface area (Å²) >= 11 is 0. The number of hydrogen-bond donors (Lipinski definition) is 1. The molecule has 0 bridgehead atoms. The molecule has 0 aliphatic heterocycles. The first kappa shape index (κ1) is 18.1. The van der Waals surface area contributed by atoms with Crippen molar-refractivity contribution < 1.29 is 0 Å². The fourth-order valence-electron chi connectivity index (χ4n) is 3.62. The van der Waals surface area contributed by atoms with Gasteiger partial charge in [0.05, 0.1) is 0 Å². The average molecular weight is 314 g/mol. The zero-order valence-corrected chi connectivity index (χ0v) is 15.2. The van der Waals surface area contributed by atoms with Crippen molar-refractivity contribution in [3.8, 4) is 0 Å². The van der Waals surface area contributed by atoms with Gasteiger partial charge in [-0.3, -0.25) is 0 Å². The van der Waals surface area contributed by atoms with Crippen molar-refractivity contribution in [2.24, 2.45) is 11.8 Å². The smallest absolute Gasteiger partial charge is 0.0340 e. The molecule has 0 radical (unpaired) electrons. The van der Waals surface area contributed by atoms with E-state index in [9.17, 15) is 0 Å². The van der Waals surface area contributed by atoms with Crippen LogP contribution in [-0.2, 0) is 0 Å². The molecule has 1 nitrogen and oxygen atoms in total. The Morgan fingerprint density at radius 3 is 2.61 bits per heavy atom. The standard InChI is InChI=1S/C22H35N/c1-3-4-5-6-7-8-11-20-12-9-10-13-21(20)18-23-22-16-14-19(2)15-17-22/h8,11,14-17,20-21,23H,3-7,9-10,12-13,18H2,1-2H3/b11-8+/t20-,21+/m1/s1. The van der Waals surface area contributed by atoms with E-state index >= 15 is 0 Å². The predicted molar refractivity (Wildman–Crippen MR) is 103 cm³/mol. The van der Waals surface area contributed by atoms with Gasteiger partial charge in [-0.1, -0.05) is 68.9 Å². The Hall–Kier alpha value is -1.24. The lowest BCUT2D eigenvalue weighted by Crippen LogP contribution is -2.25. The lowest BCUT2D eigenvalue weighted by atomic mass is 9.79. The molecule has 0 amide bonds. The first-order chi connectivity index (χ1) is 11.3. The Morgan fingerprint density at radius 2 is 1.83 bits per heavy atom. The molecule has 23 heavy (non-hydrogen) atoms. The molecule has 0 unspecified atom stereocenters. The molecule has 128 valence electrons. The predicted octanol–water partition coefficient (Wildman–Crippen LogP) is 6.74. The molecule has 1 aliphatic carbocycles. The average Bonchev–Trinajstić information content (AvgIpc) is 2.58. The zero-order chi connectivity index (χ0) is 16.3. The highest BCUT2D eigenvalue weighted by Gasteiger charge is 2.22. The molecule has 1 fully saturated rings. The van der Waals surface area contributed by atoms with E-state index in [1.165, 1.54) is 69.0 Å². The van der Waals surface area contributed by atoms with Crippen LogP contribution >= 0.6 is 0 Å². The summed E-state index contributed by atoms with van der Waals surface area (Å²) in [6.45, 7) is 5.55. The summed E-state index contributed by atoms with van der Waals surface area (Å²) in [5, 5.41) is 3.66. The number of benzene rings is 1. The second-order valence-corrected chi connectivity index (χ2v) is 7.23. The van der Waals surface area contributed by atoms with E-state index in [1.54, 1.807) is 0 Å². The van der Waals surface area contributed by atoms with Gasteiger partial charge in [0.25, 0.3) is 0 Å². The van der Waals surface area contributed by atoms with Crippen LogP contribution in [0.2, 0.25) is 0 Å². The SMILES string of the molecule is CCCCCC/C=C/[C@@H]1CCCC[C@H]1CNc1ccc(C)cc1. The van der Waals surface area contributed by atoms with Gasteiger partial charge in [-0.25, -0.2) is 0 Å². The maximum Gasteiger partial charge on any atom is 0.0340 e. The van der Waals surface area contributed by atoms with Gasteiger partial charge in [0.15, 0.2) is 0 Å². The fraction of sp³-hybridized carbons (Fsp3) is 0.636. The van der Waals surface area contributed by atoms with Crippen LogP contribution in [0.5, 0.6) is 0 Å². The Balaban J connectivity index is 1.76. The third-order valence-electron chi connectivity index (χ3n) is 5.20. The van der Waals surface area contributed by atoms with E-state index < -0.39 is 0 Å². The van der Waals surface area contributed by atoms with Crippen molar-refractivity contribution in [3.05, 3.63) is 42.0 Å². The van der Waals surface area contributed by atoms with E-state index in [-0.39, 0.29) is 0 Å². The third-order valence-corrected chi connectivity index (χ3v) is 5.20. The minimum absolute atomic E-state index is 0.785. The van der Waals surface area contributed by atoms with Gasteiger partial charge in [0.2, 0.25) is 0 Å². The molecule has 0 saturated heterocycles. The van der Waals surface area contributed by atoms with E-state index in [4.69, 9.17) is 0 Å². The zero-order valence-electron chi connectivity index (χ0n) is 15.2. The van der Waals surface area contributed by atoms with Gasteiger partial charge in [-0.05, 0) is 56.6 Å². The van der Waals surface area contributed by atoms with E-state index in [1.807, 2.05) is 0 Å². The molecular formula is C22H35N. The summed E-state index contributed by atoms with van der Waals surface area (Å²) in [5.74, 6) is 1.59. The molecule has 1 aromatic rings. The van der Waals surface area contributed by atoms with Crippen molar-refractivity contribution in [2.75, 3.05) is 11.9 Å². The van der Waals surface area contributed by atoms with Gasteiger partial charge in [0, 0.05) is 12.2 Å². The number of rotatable bonds is 9. The highest BCUT2D eigenvalue weighted by molar-refractivity contribution is 5.44. The molecular weight excluding hydrogens is 278 g/mol. The van der Waals surface area contributed by atoms with Gasteiger partial charge in [-0.2, -0.15) is 0 Å². The number of nitrogens with one attached hydrogen (secondary N) is 1. The monoisotopic (exact) mass is 313 g/mol. The molecule has 0 heterocycles. The molecule has 1 saturated carbocycles. The fourth-order valence-corrected chi connectivity index (χ4v) is 3.62. The molecule has 1 N–H and O–H groups in total. The normalized spacial score (nSPS) is 21.7. The van der Waals surface area contributed by atoms with Crippen molar-refractivity contribution in [1.29, 1.82) is 0 Å². The Labute approximate surface area is 143 Å². The number of unbranched alkanes of at least 4 members (excludes halogenated alkanes) is 4.